The second-order valence-corrected chi connectivity index (χ2v) is 9.63. The van der Waals surface area contributed by atoms with Gasteiger partial charge in [-0.05, 0) is 53.3 Å². The molecule has 0 aliphatic heterocycles. The van der Waals surface area contributed by atoms with Crippen molar-refractivity contribution in [2.24, 2.45) is 0 Å². The van der Waals surface area contributed by atoms with Crippen molar-refractivity contribution in [2.45, 2.75) is 58.9 Å². The van der Waals surface area contributed by atoms with Crippen LogP contribution in [0, 0.1) is 0 Å². The van der Waals surface area contributed by atoms with E-state index < -0.39 is 0 Å². The summed E-state index contributed by atoms with van der Waals surface area (Å²) in [6.45, 7) is 15.0. The van der Waals surface area contributed by atoms with Crippen LogP contribution in [0.3, 0.4) is 0 Å². The van der Waals surface area contributed by atoms with Crippen molar-refractivity contribution in [1.29, 1.82) is 0 Å². The molecule has 154 valence electrons. The molecule has 2 aromatic rings. The predicted molar refractivity (Wildman–Crippen MR) is 119 cm³/mol. The Labute approximate surface area is 175 Å². The fourth-order valence-electron chi connectivity index (χ4n) is 3.03. The van der Waals surface area contributed by atoms with E-state index in [1.54, 1.807) is 0 Å². The normalized spacial score (nSPS) is 12.1. The van der Waals surface area contributed by atoms with E-state index in [1.165, 1.54) is 11.1 Å². The Kier molecular flexibility index (Phi) is 7.41. The van der Waals surface area contributed by atoms with E-state index in [9.17, 15) is 0 Å². The maximum Gasteiger partial charge on any atom is 0.124 e. The summed E-state index contributed by atoms with van der Waals surface area (Å²) in [6, 6.07) is 12.2. The Bertz CT molecular complexity index is 788. The zero-order chi connectivity index (χ0) is 20.9. The number of benzene rings is 2. The first-order valence-corrected chi connectivity index (χ1v) is 10.2. The van der Waals surface area contributed by atoms with E-state index >= 15 is 0 Å². The lowest BCUT2D eigenvalue weighted by atomic mass is 9.80. The molecule has 0 saturated carbocycles. The van der Waals surface area contributed by atoms with Gasteiger partial charge in [0.15, 0.2) is 0 Å². The quantitative estimate of drug-likeness (QED) is 0.565. The van der Waals surface area contributed by atoms with Crippen LogP contribution in [0.5, 0.6) is 11.5 Å². The Hall–Kier alpha value is -1.71. The highest BCUT2D eigenvalue weighted by atomic mass is 35.5. The minimum atomic E-state index is 0.00753. The maximum atomic E-state index is 6.11. The molecule has 0 heterocycles. The summed E-state index contributed by atoms with van der Waals surface area (Å²) in [7, 11) is 1.91. The third kappa shape index (κ3) is 6.15. The number of rotatable bonds is 7. The molecule has 0 fully saturated rings. The molecule has 2 rings (SSSR count). The summed E-state index contributed by atoms with van der Waals surface area (Å²) in [5, 5.41) is 3.85. The van der Waals surface area contributed by atoms with Crippen LogP contribution in [-0.4, -0.2) is 20.3 Å². The highest BCUT2D eigenvalue weighted by Crippen LogP contribution is 2.35. The third-order valence-electron chi connectivity index (χ3n) is 4.64. The van der Waals surface area contributed by atoms with Gasteiger partial charge in [-0.15, -0.1) is 0 Å². The minimum absolute atomic E-state index is 0.00753. The van der Waals surface area contributed by atoms with Gasteiger partial charge in [0.05, 0.1) is 0 Å². The van der Waals surface area contributed by atoms with Gasteiger partial charge in [-0.1, -0.05) is 65.3 Å². The zero-order valence-electron chi connectivity index (χ0n) is 18.3. The van der Waals surface area contributed by atoms with Crippen molar-refractivity contribution in [3.63, 3.8) is 0 Å². The van der Waals surface area contributed by atoms with Gasteiger partial charge in [-0.25, -0.2) is 0 Å². The van der Waals surface area contributed by atoms with Gasteiger partial charge in [0, 0.05) is 17.1 Å². The van der Waals surface area contributed by atoms with Crippen LogP contribution in [0.1, 0.15) is 58.2 Å². The smallest absolute Gasteiger partial charge is 0.124 e. The minimum Gasteiger partial charge on any atom is -0.490 e. The number of halogens is 1. The Balaban J connectivity index is 2.07. The molecule has 0 bridgehead atoms. The molecular formula is C24H34ClNO2. The Morgan fingerprint density at radius 2 is 1.43 bits per heavy atom. The lowest BCUT2D eigenvalue weighted by molar-refractivity contribution is 0.213. The zero-order valence-corrected chi connectivity index (χ0v) is 19.0. The van der Waals surface area contributed by atoms with Gasteiger partial charge < -0.3 is 14.8 Å². The Morgan fingerprint density at radius 1 is 0.821 bits per heavy atom. The average molecular weight is 404 g/mol. The molecule has 2 aromatic carbocycles. The van der Waals surface area contributed by atoms with Crippen LogP contribution in [0.2, 0.25) is 5.02 Å². The monoisotopic (exact) mass is 403 g/mol. The SMILES string of the molecule is CNCc1cc(Cl)ccc1OCCOc1ccc(C(C)(C)C)cc1C(C)(C)C. The summed E-state index contributed by atoms with van der Waals surface area (Å²) in [4.78, 5) is 0. The average Bonchev–Trinajstić information content (AvgIpc) is 2.59. The number of nitrogens with one attached hydrogen (secondary N) is 1. The molecule has 0 aliphatic carbocycles. The first-order chi connectivity index (χ1) is 13.0. The molecule has 0 radical (unpaired) electrons. The van der Waals surface area contributed by atoms with Crippen molar-refractivity contribution in [2.75, 3.05) is 20.3 Å². The second kappa shape index (κ2) is 9.19. The molecule has 0 aromatic heterocycles. The fraction of sp³-hybridized carbons (Fsp3) is 0.500. The van der Waals surface area contributed by atoms with Crippen LogP contribution < -0.4 is 14.8 Å². The molecule has 0 amide bonds. The van der Waals surface area contributed by atoms with Crippen LogP contribution >= 0.6 is 11.6 Å². The predicted octanol–water partition coefficient (Wildman–Crippen LogP) is 6.11. The second-order valence-electron chi connectivity index (χ2n) is 9.19. The molecule has 28 heavy (non-hydrogen) atoms. The van der Waals surface area contributed by atoms with Crippen molar-refractivity contribution < 1.29 is 9.47 Å². The van der Waals surface area contributed by atoms with Gasteiger partial charge in [-0.3, -0.25) is 0 Å². The van der Waals surface area contributed by atoms with Gasteiger partial charge in [-0.2, -0.15) is 0 Å². The van der Waals surface area contributed by atoms with E-state index in [1.807, 2.05) is 25.2 Å². The first-order valence-electron chi connectivity index (χ1n) is 9.86. The van der Waals surface area contributed by atoms with E-state index in [0.717, 1.165) is 17.1 Å². The van der Waals surface area contributed by atoms with Crippen molar-refractivity contribution in [3.05, 3.63) is 58.1 Å². The number of ether oxygens (including phenoxy) is 2. The van der Waals surface area contributed by atoms with Gasteiger partial charge in [0.1, 0.15) is 24.7 Å². The largest absolute Gasteiger partial charge is 0.490 e. The third-order valence-corrected chi connectivity index (χ3v) is 4.88. The number of hydrogen-bond donors (Lipinski definition) is 1. The van der Waals surface area contributed by atoms with Crippen LogP contribution in [0.4, 0.5) is 0 Å². The number of hydrogen-bond acceptors (Lipinski definition) is 3. The summed E-state index contributed by atoms with van der Waals surface area (Å²) in [5.41, 5.74) is 3.70. The lowest BCUT2D eigenvalue weighted by Crippen LogP contribution is -2.19. The summed E-state index contributed by atoms with van der Waals surface area (Å²) < 4.78 is 12.1. The van der Waals surface area contributed by atoms with E-state index in [2.05, 4.69) is 65.1 Å². The molecule has 0 unspecified atom stereocenters. The van der Waals surface area contributed by atoms with Crippen molar-refractivity contribution >= 4 is 11.6 Å². The maximum absolute atomic E-state index is 6.11. The molecule has 0 saturated heterocycles. The van der Waals surface area contributed by atoms with Crippen LogP contribution in [0.25, 0.3) is 0 Å². The van der Waals surface area contributed by atoms with Crippen molar-refractivity contribution in [3.8, 4) is 11.5 Å². The molecule has 1 N–H and O–H groups in total. The molecular weight excluding hydrogens is 370 g/mol. The standard InChI is InChI=1S/C24H34ClNO2/c1-23(2,3)18-8-10-22(20(15-18)24(4,5)6)28-13-12-27-21-11-9-19(25)14-17(21)16-26-7/h8-11,14-15,26H,12-13,16H2,1-7H3. The van der Waals surface area contributed by atoms with Gasteiger partial charge >= 0.3 is 0 Å². The van der Waals surface area contributed by atoms with E-state index in [4.69, 9.17) is 21.1 Å². The fourth-order valence-corrected chi connectivity index (χ4v) is 3.22. The first kappa shape index (κ1) is 22.6. The van der Waals surface area contributed by atoms with Gasteiger partial charge in [0.25, 0.3) is 0 Å². The molecule has 0 atom stereocenters. The Morgan fingerprint density at radius 3 is 2.00 bits per heavy atom. The highest BCUT2D eigenvalue weighted by molar-refractivity contribution is 6.30. The van der Waals surface area contributed by atoms with E-state index in [-0.39, 0.29) is 10.8 Å². The summed E-state index contributed by atoms with van der Waals surface area (Å²) in [6.07, 6.45) is 0. The highest BCUT2D eigenvalue weighted by Gasteiger charge is 2.23. The topological polar surface area (TPSA) is 30.5 Å². The van der Waals surface area contributed by atoms with E-state index in [0.29, 0.717) is 24.8 Å². The molecule has 0 spiro atoms. The van der Waals surface area contributed by atoms with Crippen LogP contribution in [-0.2, 0) is 17.4 Å². The lowest BCUT2D eigenvalue weighted by Gasteiger charge is -2.27. The summed E-state index contributed by atoms with van der Waals surface area (Å²) in [5.74, 6) is 1.76. The van der Waals surface area contributed by atoms with Crippen molar-refractivity contribution in [1.82, 2.24) is 5.32 Å². The van der Waals surface area contributed by atoms with Crippen LogP contribution in [0.15, 0.2) is 36.4 Å². The molecule has 0 aliphatic rings. The molecule has 3 nitrogen and oxygen atoms in total. The molecule has 4 heteroatoms. The van der Waals surface area contributed by atoms with Gasteiger partial charge in [0.2, 0.25) is 0 Å². The summed E-state index contributed by atoms with van der Waals surface area (Å²) >= 11 is 6.09.